The Balaban J connectivity index is 2.39. The lowest BCUT2D eigenvalue weighted by atomic mass is 9.98. The van der Waals surface area contributed by atoms with Crippen molar-refractivity contribution in [2.45, 2.75) is 26.3 Å². The first-order chi connectivity index (χ1) is 9.37. The highest BCUT2D eigenvalue weighted by atomic mass is 19.1. The lowest BCUT2D eigenvalue weighted by Crippen LogP contribution is -2.62. The van der Waals surface area contributed by atoms with Crippen LogP contribution in [0.1, 0.15) is 20.8 Å². The van der Waals surface area contributed by atoms with Gasteiger partial charge in [0.1, 0.15) is 5.54 Å². The van der Waals surface area contributed by atoms with E-state index in [1.165, 1.54) is 0 Å². The number of likely N-dealkylation sites (N-methyl/N-ethyl adjacent to an activating group) is 1. The second-order valence-corrected chi connectivity index (χ2v) is 5.33. The van der Waals surface area contributed by atoms with Crippen molar-refractivity contribution in [3.63, 3.8) is 0 Å². The van der Waals surface area contributed by atoms with Gasteiger partial charge in [-0.15, -0.1) is 0 Å². The molecule has 2 heterocycles. The van der Waals surface area contributed by atoms with Crippen molar-refractivity contribution in [2.75, 3.05) is 36.9 Å². The normalized spacial score (nSPS) is 18.4. The van der Waals surface area contributed by atoms with Crippen molar-refractivity contribution >= 4 is 17.7 Å². The lowest BCUT2D eigenvalue weighted by molar-refractivity contribution is -0.136. The predicted molar refractivity (Wildman–Crippen MR) is 75.2 cm³/mol. The third kappa shape index (κ3) is 2.39. The fourth-order valence-corrected chi connectivity index (χ4v) is 2.37. The largest absolute Gasteiger partial charge is 0.354 e. The van der Waals surface area contributed by atoms with Gasteiger partial charge < -0.3 is 15.1 Å². The number of nitrogens with zero attached hydrogens (tertiary/aromatic N) is 4. The van der Waals surface area contributed by atoms with Gasteiger partial charge in [0, 0.05) is 26.7 Å². The number of aromatic nitrogens is 2. The standard InChI is InChI=1S/C13H20FN5O/c1-5-15-12-16-8-9(14)10(17-12)19-7-6-18(4)11(20)13(19,2)3/h8H,5-7H2,1-4H3,(H,15,16,17). The highest BCUT2D eigenvalue weighted by Gasteiger charge is 2.42. The fourth-order valence-electron chi connectivity index (χ4n) is 2.37. The zero-order valence-electron chi connectivity index (χ0n) is 12.3. The molecular formula is C13H20FN5O. The molecule has 0 aromatic carbocycles. The summed E-state index contributed by atoms with van der Waals surface area (Å²) in [5.41, 5.74) is -0.828. The Kier molecular flexibility index (Phi) is 3.78. The first-order valence-electron chi connectivity index (χ1n) is 6.67. The van der Waals surface area contributed by atoms with Crippen LogP contribution in [-0.2, 0) is 4.79 Å². The van der Waals surface area contributed by atoms with Crippen LogP contribution in [0.4, 0.5) is 16.2 Å². The number of carbonyl (C=O) groups is 1. The van der Waals surface area contributed by atoms with Crippen LogP contribution in [0.3, 0.4) is 0 Å². The molecule has 7 heteroatoms. The Bertz CT molecular complexity index is 519. The maximum Gasteiger partial charge on any atom is 0.247 e. The number of amides is 1. The quantitative estimate of drug-likeness (QED) is 0.899. The molecule has 1 aromatic heterocycles. The first-order valence-corrected chi connectivity index (χ1v) is 6.67. The number of anilines is 2. The summed E-state index contributed by atoms with van der Waals surface area (Å²) in [5.74, 6) is -0.0303. The van der Waals surface area contributed by atoms with E-state index in [0.717, 1.165) is 6.20 Å². The van der Waals surface area contributed by atoms with Crippen LogP contribution in [0.5, 0.6) is 0 Å². The van der Waals surface area contributed by atoms with E-state index < -0.39 is 11.4 Å². The molecule has 6 nitrogen and oxygen atoms in total. The van der Waals surface area contributed by atoms with Crippen LogP contribution in [-0.4, -0.2) is 53.0 Å². The van der Waals surface area contributed by atoms with Gasteiger partial charge in [-0.1, -0.05) is 0 Å². The molecule has 0 atom stereocenters. The summed E-state index contributed by atoms with van der Waals surface area (Å²) in [5, 5.41) is 2.95. The SMILES string of the molecule is CCNc1ncc(F)c(N2CCN(C)C(=O)C2(C)C)n1. The van der Waals surface area contributed by atoms with Gasteiger partial charge in [-0.05, 0) is 20.8 Å². The van der Waals surface area contributed by atoms with Crippen LogP contribution in [0.15, 0.2) is 6.20 Å². The van der Waals surface area contributed by atoms with Gasteiger partial charge in [0.25, 0.3) is 0 Å². The first kappa shape index (κ1) is 14.5. The van der Waals surface area contributed by atoms with E-state index in [1.54, 1.807) is 30.7 Å². The molecule has 1 aliphatic rings. The van der Waals surface area contributed by atoms with E-state index in [-0.39, 0.29) is 11.7 Å². The molecule has 1 amide bonds. The molecular weight excluding hydrogens is 261 g/mol. The maximum absolute atomic E-state index is 14.0. The van der Waals surface area contributed by atoms with Gasteiger partial charge in [-0.3, -0.25) is 4.79 Å². The summed E-state index contributed by atoms with van der Waals surface area (Å²) in [6, 6.07) is 0. The minimum Gasteiger partial charge on any atom is -0.354 e. The Morgan fingerprint density at radius 3 is 2.80 bits per heavy atom. The molecule has 0 spiro atoms. The molecule has 1 fully saturated rings. The Labute approximate surface area is 118 Å². The van der Waals surface area contributed by atoms with Gasteiger partial charge in [0.2, 0.25) is 11.9 Å². The summed E-state index contributed by atoms with van der Waals surface area (Å²) in [6.07, 6.45) is 1.14. The molecule has 0 aliphatic carbocycles. The van der Waals surface area contributed by atoms with E-state index >= 15 is 0 Å². The number of hydrogen-bond donors (Lipinski definition) is 1. The number of nitrogens with one attached hydrogen (secondary N) is 1. The third-order valence-electron chi connectivity index (χ3n) is 3.52. The van der Waals surface area contributed by atoms with Crippen LogP contribution in [0.25, 0.3) is 0 Å². The number of rotatable bonds is 3. The van der Waals surface area contributed by atoms with E-state index in [4.69, 9.17) is 0 Å². The average molecular weight is 281 g/mol. The van der Waals surface area contributed by atoms with Crippen molar-refractivity contribution < 1.29 is 9.18 Å². The van der Waals surface area contributed by atoms with Crippen LogP contribution in [0.2, 0.25) is 0 Å². The number of halogens is 1. The molecule has 1 aliphatic heterocycles. The van der Waals surface area contributed by atoms with Crippen molar-refractivity contribution in [1.82, 2.24) is 14.9 Å². The molecule has 20 heavy (non-hydrogen) atoms. The molecule has 0 saturated carbocycles. The van der Waals surface area contributed by atoms with E-state index in [9.17, 15) is 9.18 Å². The Hall–Kier alpha value is -1.92. The second kappa shape index (κ2) is 5.22. The van der Waals surface area contributed by atoms with Crippen molar-refractivity contribution in [3.8, 4) is 0 Å². The topological polar surface area (TPSA) is 61.4 Å². The maximum atomic E-state index is 14.0. The monoisotopic (exact) mass is 281 g/mol. The van der Waals surface area contributed by atoms with Crippen molar-refractivity contribution in [2.24, 2.45) is 0 Å². The minimum absolute atomic E-state index is 0.0493. The molecule has 1 aromatic rings. The molecule has 0 bridgehead atoms. The second-order valence-electron chi connectivity index (χ2n) is 5.33. The molecule has 2 rings (SSSR count). The summed E-state index contributed by atoms with van der Waals surface area (Å²) >= 11 is 0. The van der Waals surface area contributed by atoms with E-state index in [2.05, 4.69) is 15.3 Å². The zero-order chi connectivity index (χ0) is 14.9. The predicted octanol–water partition coefficient (Wildman–Crippen LogP) is 1.10. The van der Waals surface area contributed by atoms with Gasteiger partial charge in [0.15, 0.2) is 11.6 Å². The number of piperazine rings is 1. The molecule has 110 valence electrons. The van der Waals surface area contributed by atoms with Gasteiger partial charge in [-0.25, -0.2) is 9.37 Å². The number of hydrogen-bond acceptors (Lipinski definition) is 5. The Morgan fingerprint density at radius 2 is 2.15 bits per heavy atom. The summed E-state index contributed by atoms with van der Waals surface area (Å²) in [7, 11) is 1.75. The fraction of sp³-hybridized carbons (Fsp3) is 0.615. The van der Waals surface area contributed by atoms with Gasteiger partial charge in [-0.2, -0.15) is 4.98 Å². The summed E-state index contributed by atoms with van der Waals surface area (Å²) < 4.78 is 14.0. The molecule has 1 saturated heterocycles. The van der Waals surface area contributed by atoms with Crippen molar-refractivity contribution in [1.29, 1.82) is 0 Å². The molecule has 1 N–H and O–H groups in total. The van der Waals surface area contributed by atoms with E-state index in [0.29, 0.717) is 25.6 Å². The smallest absolute Gasteiger partial charge is 0.247 e. The van der Waals surface area contributed by atoms with Crippen molar-refractivity contribution in [3.05, 3.63) is 12.0 Å². The highest BCUT2D eigenvalue weighted by Crippen LogP contribution is 2.29. The van der Waals surface area contributed by atoms with Crippen LogP contribution in [0, 0.1) is 5.82 Å². The molecule has 0 unspecified atom stereocenters. The zero-order valence-corrected chi connectivity index (χ0v) is 12.3. The van der Waals surface area contributed by atoms with Gasteiger partial charge in [0.05, 0.1) is 6.20 Å². The molecule has 0 radical (unpaired) electrons. The highest BCUT2D eigenvalue weighted by molar-refractivity contribution is 5.90. The minimum atomic E-state index is -0.828. The van der Waals surface area contributed by atoms with E-state index in [1.807, 2.05) is 6.92 Å². The van der Waals surface area contributed by atoms with Crippen LogP contribution < -0.4 is 10.2 Å². The summed E-state index contributed by atoms with van der Waals surface area (Å²) in [4.78, 5) is 23.7. The summed E-state index contributed by atoms with van der Waals surface area (Å²) in [6.45, 7) is 7.20. The lowest BCUT2D eigenvalue weighted by Gasteiger charge is -2.45. The third-order valence-corrected chi connectivity index (χ3v) is 3.52. The van der Waals surface area contributed by atoms with Gasteiger partial charge >= 0.3 is 0 Å². The number of carbonyl (C=O) groups excluding carboxylic acids is 1. The van der Waals surface area contributed by atoms with Crippen LogP contribution >= 0.6 is 0 Å². The average Bonchev–Trinajstić information content (AvgIpc) is 2.39. The Morgan fingerprint density at radius 1 is 1.45 bits per heavy atom.